The van der Waals surface area contributed by atoms with E-state index >= 15 is 0 Å². The Bertz CT molecular complexity index is 937. The molecule has 0 atom stereocenters. The summed E-state index contributed by atoms with van der Waals surface area (Å²) in [6, 6.07) is 26.4. The van der Waals surface area contributed by atoms with Crippen molar-refractivity contribution >= 4 is 23.1 Å². The van der Waals surface area contributed by atoms with Crippen LogP contribution in [0.5, 0.6) is 0 Å². The molecule has 0 aromatic heterocycles. The first-order valence-electron chi connectivity index (χ1n) is 7.92. The second-order valence-corrected chi connectivity index (χ2v) is 6.94. The zero-order valence-corrected chi connectivity index (χ0v) is 14.1. The van der Waals surface area contributed by atoms with Crippen molar-refractivity contribution in [3.05, 3.63) is 106 Å². The number of rotatable bonds is 3. The van der Waals surface area contributed by atoms with E-state index in [1.54, 1.807) is 11.8 Å². The number of carbonyl (C=O) groups is 1. The molecule has 0 unspecified atom stereocenters. The number of ketones is 1. The summed E-state index contributed by atoms with van der Waals surface area (Å²) in [5.41, 5.74) is 5.19. The molecule has 1 aliphatic rings. The van der Waals surface area contributed by atoms with Crippen molar-refractivity contribution < 1.29 is 4.79 Å². The van der Waals surface area contributed by atoms with Gasteiger partial charge in [-0.3, -0.25) is 4.79 Å². The quantitative estimate of drug-likeness (QED) is 0.609. The van der Waals surface area contributed by atoms with Crippen LogP contribution in [0.15, 0.2) is 88.7 Å². The maximum Gasteiger partial charge on any atom is 0.200 e. The third-order valence-corrected chi connectivity index (χ3v) is 5.28. The van der Waals surface area contributed by atoms with Crippen molar-refractivity contribution in [2.45, 2.75) is 11.8 Å². The van der Waals surface area contributed by atoms with Crippen LogP contribution in [-0.2, 0) is 0 Å². The molecule has 0 fully saturated rings. The van der Waals surface area contributed by atoms with Gasteiger partial charge in [-0.15, -0.1) is 0 Å². The number of hydrogen-bond donors (Lipinski definition) is 0. The minimum absolute atomic E-state index is 0.120. The van der Waals surface area contributed by atoms with Gasteiger partial charge in [0.1, 0.15) is 0 Å². The Kier molecular flexibility index (Phi) is 3.83. The highest BCUT2D eigenvalue weighted by Gasteiger charge is 2.30. The van der Waals surface area contributed by atoms with Crippen molar-refractivity contribution in [1.82, 2.24) is 0 Å². The predicted molar refractivity (Wildman–Crippen MR) is 100 cm³/mol. The van der Waals surface area contributed by atoms with Crippen LogP contribution in [0.2, 0.25) is 0 Å². The van der Waals surface area contributed by atoms with Gasteiger partial charge in [-0.05, 0) is 30.2 Å². The van der Waals surface area contributed by atoms with Gasteiger partial charge < -0.3 is 0 Å². The first-order chi connectivity index (χ1) is 11.7. The van der Waals surface area contributed by atoms with Crippen molar-refractivity contribution in [2.75, 3.05) is 0 Å². The Labute approximate surface area is 146 Å². The van der Waals surface area contributed by atoms with Gasteiger partial charge in [0.2, 0.25) is 5.78 Å². The summed E-state index contributed by atoms with van der Waals surface area (Å²) in [4.78, 5) is 14.9. The third kappa shape index (κ3) is 2.59. The van der Waals surface area contributed by atoms with Crippen LogP contribution in [0, 0.1) is 6.92 Å². The first kappa shape index (κ1) is 15.0. The summed E-state index contributed by atoms with van der Waals surface area (Å²) in [5.74, 6) is 0.120. The number of allylic oxidation sites excluding steroid dienone is 1. The summed E-state index contributed by atoms with van der Waals surface area (Å²) in [5, 5.41) is 0. The van der Waals surface area contributed by atoms with E-state index in [2.05, 4.69) is 31.2 Å². The maximum absolute atomic E-state index is 13.0. The van der Waals surface area contributed by atoms with Gasteiger partial charge in [0.05, 0.1) is 4.91 Å². The highest BCUT2D eigenvalue weighted by Crippen LogP contribution is 2.44. The van der Waals surface area contributed by atoms with E-state index in [1.165, 1.54) is 5.56 Å². The van der Waals surface area contributed by atoms with Crippen LogP contribution in [-0.4, -0.2) is 5.78 Å². The topological polar surface area (TPSA) is 17.1 Å². The largest absolute Gasteiger partial charge is 0.288 e. The molecular formula is C22H16OS. The number of benzene rings is 3. The normalized spacial score (nSPS) is 13.3. The Hall–Kier alpha value is -2.58. The third-order valence-electron chi connectivity index (χ3n) is 4.18. The van der Waals surface area contributed by atoms with Crippen LogP contribution < -0.4 is 0 Å². The molecule has 2 heteroatoms. The van der Waals surface area contributed by atoms with Crippen molar-refractivity contribution in [1.29, 1.82) is 0 Å². The van der Waals surface area contributed by atoms with Crippen LogP contribution in [0.1, 0.15) is 27.0 Å². The van der Waals surface area contributed by atoms with Crippen molar-refractivity contribution in [2.24, 2.45) is 0 Å². The Morgan fingerprint density at radius 3 is 2.04 bits per heavy atom. The Balaban J connectivity index is 1.89. The van der Waals surface area contributed by atoms with E-state index in [9.17, 15) is 4.79 Å². The molecular weight excluding hydrogens is 312 g/mol. The van der Waals surface area contributed by atoms with E-state index in [4.69, 9.17) is 0 Å². The summed E-state index contributed by atoms with van der Waals surface area (Å²) in [7, 11) is 0. The second-order valence-electron chi connectivity index (χ2n) is 5.86. The summed E-state index contributed by atoms with van der Waals surface area (Å²) >= 11 is 1.55. The molecule has 0 radical (unpaired) electrons. The van der Waals surface area contributed by atoms with E-state index in [0.717, 1.165) is 32.1 Å². The van der Waals surface area contributed by atoms with E-state index in [-0.39, 0.29) is 5.78 Å². The van der Waals surface area contributed by atoms with Crippen LogP contribution in [0.3, 0.4) is 0 Å². The van der Waals surface area contributed by atoms with Crippen LogP contribution in [0.4, 0.5) is 0 Å². The Morgan fingerprint density at radius 2 is 1.33 bits per heavy atom. The highest BCUT2D eigenvalue weighted by molar-refractivity contribution is 8.04. The zero-order valence-electron chi connectivity index (χ0n) is 13.3. The fourth-order valence-electron chi connectivity index (χ4n) is 2.97. The molecule has 24 heavy (non-hydrogen) atoms. The molecule has 0 amide bonds. The lowest BCUT2D eigenvalue weighted by atomic mass is 9.98. The molecule has 0 N–H and O–H groups in total. The summed E-state index contributed by atoms with van der Waals surface area (Å²) in [6.45, 7) is 2.07. The van der Waals surface area contributed by atoms with E-state index < -0.39 is 0 Å². The lowest BCUT2D eigenvalue weighted by molar-refractivity contribution is 0.104. The smallest absolute Gasteiger partial charge is 0.200 e. The molecule has 0 bridgehead atoms. The number of aryl methyl sites for hydroxylation is 1. The van der Waals surface area contributed by atoms with Crippen LogP contribution in [0.25, 0.3) is 5.57 Å². The van der Waals surface area contributed by atoms with Gasteiger partial charge in [-0.25, -0.2) is 0 Å². The lowest BCUT2D eigenvalue weighted by Crippen LogP contribution is -1.95. The molecule has 3 aromatic rings. The fourth-order valence-corrected chi connectivity index (χ4v) is 4.03. The molecule has 0 aliphatic heterocycles. The molecule has 0 saturated carbocycles. The molecule has 0 heterocycles. The van der Waals surface area contributed by atoms with Crippen molar-refractivity contribution in [3.8, 4) is 0 Å². The van der Waals surface area contributed by atoms with Gasteiger partial charge in [0, 0.05) is 16.0 Å². The minimum atomic E-state index is 0.120. The van der Waals surface area contributed by atoms with Crippen LogP contribution >= 0.6 is 11.8 Å². The molecule has 1 nitrogen and oxygen atoms in total. The number of thioether (sulfide) groups is 1. The monoisotopic (exact) mass is 328 g/mol. The minimum Gasteiger partial charge on any atom is -0.288 e. The highest BCUT2D eigenvalue weighted by atomic mass is 32.2. The van der Waals surface area contributed by atoms with Gasteiger partial charge in [0.15, 0.2) is 0 Å². The molecule has 0 saturated heterocycles. The van der Waals surface area contributed by atoms with Gasteiger partial charge >= 0.3 is 0 Å². The standard InChI is InChI=1S/C22H16OS/c1-15-11-13-16(14-12-15)20-18-9-5-6-10-19(18)21(23)22(20)24-17-7-3-2-4-8-17/h2-14H,1H3. The molecule has 0 spiro atoms. The second kappa shape index (κ2) is 6.14. The molecule has 1 aliphatic carbocycles. The zero-order chi connectivity index (χ0) is 16.5. The van der Waals surface area contributed by atoms with E-state index in [0.29, 0.717) is 0 Å². The number of carbonyl (C=O) groups excluding carboxylic acids is 1. The van der Waals surface area contributed by atoms with Gasteiger partial charge in [0.25, 0.3) is 0 Å². The molecule has 4 rings (SSSR count). The van der Waals surface area contributed by atoms with Gasteiger partial charge in [-0.1, -0.05) is 84.1 Å². The maximum atomic E-state index is 13.0. The Morgan fingerprint density at radius 1 is 0.708 bits per heavy atom. The summed E-state index contributed by atoms with van der Waals surface area (Å²) < 4.78 is 0. The molecule has 3 aromatic carbocycles. The fraction of sp³-hybridized carbons (Fsp3) is 0.0455. The number of Topliss-reactive ketones (excluding diaryl/α,β-unsaturated/α-hetero) is 1. The number of hydrogen-bond acceptors (Lipinski definition) is 2. The van der Waals surface area contributed by atoms with Gasteiger partial charge in [-0.2, -0.15) is 0 Å². The average molecular weight is 328 g/mol. The molecule has 116 valence electrons. The van der Waals surface area contributed by atoms with Crippen molar-refractivity contribution in [3.63, 3.8) is 0 Å². The first-order valence-corrected chi connectivity index (χ1v) is 8.74. The summed E-state index contributed by atoms with van der Waals surface area (Å²) in [6.07, 6.45) is 0. The number of fused-ring (bicyclic) bond motifs is 1. The predicted octanol–water partition coefficient (Wildman–Crippen LogP) is 5.74. The lowest BCUT2D eigenvalue weighted by Gasteiger charge is -2.08. The average Bonchev–Trinajstić information content (AvgIpc) is 2.89. The SMILES string of the molecule is Cc1ccc(C2=C(Sc3ccccc3)C(=O)c3ccccc32)cc1. The van der Waals surface area contributed by atoms with E-state index in [1.807, 2.05) is 54.6 Å².